The van der Waals surface area contributed by atoms with E-state index in [0.717, 1.165) is 61.7 Å². The number of hydrogen-bond acceptors (Lipinski definition) is 4. The van der Waals surface area contributed by atoms with Gasteiger partial charge in [-0.3, -0.25) is 0 Å². The molecule has 60 heavy (non-hydrogen) atoms. The van der Waals surface area contributed by atoms with Crippen molar-refractivity contribution >= 4 is 64.2 Å². The van der Waals surface area contributed by atoms with Gasteiger partial charge in [-0.15, -0.1) is 11.3 Å². The van der Waals surface area contributed by atoms with E-state index in [1.807, 2.05) is 29.5 Å². The highest BCUT2D eigenvalue weighted by molar-refractivity contribution is 7.26. The minimum absolute atomic E-state index is 0.680. The van der Waals surface area contributed by atoms with Crippen LogP contribution in [-0.2, 0) is 0 Å². The number of fused-ring (bicyclic) bond motifs is 8. The van der Waals surface area contributed by atoms with Gasteiger partial charge in [0.15, 0.2) is 5.82 Å². The van der Waals surface area contributed by atoms with Crippen molar-refractivity contribution in [3.8, 4) is 62.0 Å². The molecule has 0 N–H and O–H groups in total. The summed E-state index contributed by atoms with van der Waals surface area (Å²) in [5.41, 5.74) is 13.4. The first kappa shape index (κ1) is 34.3. The molecule has 0 saturated carbocycles. The van der Waals surface area contributed by atoms with Crippen LogP contribution >= 0.6 is 11.3 Å². The molecule has 12 rings (SSSR count). The smallest absolute Gasteiger partial charge is 0.160 e. The molecule has 0 bridgehead atoms. The van der Waals surface area contributed by atoms with Crippen LogP contribution in [0.15, 0.2) is 206 Å². The van der Waals surface area contributed by atoms with E-state index in [1.54, 1.807) is 0 Å². The Morgan fingerprint density at radius 1 is 0.383 bits per heavy atom. The van der Waals surface area contributed by atoms with E-state index in [9.17, 15) is 0 Å². The fourth-order valence-corrected chi connectivity index (χ4v) is 10.1. The van der Waals surface area contributed by atoms with Crippen LogP contribution < -0.4 is 0 Å². The molecule has 0 spiro atoms. The summed E-state index contributed by atoms with van der Waals surface area (Å²) in [6.07, 6.45) is 0. The Labute approximate surface area is 350 Å². The van der Waals surface area contributed by atoms with Crippen molar-refractivity contribution in [2.45, 2.75) is 0 Å². The summed E-state index contributed by atoms with van der Waals surface area (Å²) in [4.78, 5) is 16.1. The standard InChI is InChI=1S/C55H34N4S/c1-3-16-35(17-4-1)41-27-15-28-45-51-44-26-9-12-31-50(44)60-54(51)52(58-53(41)45)39-22-13-20-37(32-39)46-34-47(57-55(56-46)36-18-5-2-6-19-36)38-21-14-23-40(33-38)59-48-29-10-7-24-42(48)43-25-8-11-30-49(43)59/h1-34H. The predicted molar refractivity (Wildman–Crippen MR) is 252 cm³/mol. The van der Waals surface area contributed by atoms with Crippen molar-refractivity contribution < 1.29 is 0 Å². The lowest BCUT2D eigenvalue weighted by Crippen LogP contribution is -1.98. The van der Waals surface area contributed by atoms with Crippen LogP contribution in [-0.4, -0.2) is 19.5 Å². The second kappa shape index (κ2) is 14.0. The molecule has 4 nitrogen and oxygen atoms in total. The van der Waals surface area contributed by atoms with E-state index in [4.69, 9.17) is 15.0 Å². The molecule has 8 aromatic carbocycles. The minimum atomic E-state index is 0.680. The summed E-state index contributed by atoms with van der Waals surface area (Å²) in [6.45, 7) is 0. The average molecular weight is 783 g/mol. The third kappa shape index (κ3) is 5.63. The van der Waals surface area contributed by atoms with Crippen molar-refractivity contribution in [2.75, 3.05) is 0 Å². The quantitative estimate of drug-likeness (QED) is 0.169. The van der Waals surface area contributed by atoms with E-state index in [-0.39, 0.29) is 0 Å². The van der Waals surface area contributed by atoms with Gasteiger partial charge in [0.05, 0.1) is 38.3 Å². The molecule has 0 unspecified atom stereocenters. The number of pyridine rings is 1. The van der Waals surface area contributed by atoms with Gasteiger partial charge in [-0.1, -0.05) is 164 Å². The molecule has 5 heteroatoms. The van der Waals surface area contributed by atoms with Crippen LogP contribution in [0.4, 0.5) is 0 Å². The zero-order valence-electron chi connectivity index (χ0n) is 32.3. The maximum absolute atomic E-state index is 5.56. The normalized spacial score (nSPS) is 11.7. The molecule has 12 aromatic rings. The van der Waals surface area contributed by atoms with Gasteiger partial charge in [0.2, 0.25) is 0 Å². The summed E-state index contributed by atoms with van der Waals surface area (Å²) in [7, 11) is 0. The van der Waals surface area contributed by atoms with Crippen molar-refractivity contribution in [3.05, 3.63) is 206 Å². The molecule has 0 aliphatic carbocycles. The molecule has 4 heterocycles. The molecule has 0 aliphatic rings. The zero-order valence-corrected chi connectivity index (χ0v) is 33.1. The molecule has 0 fully saturated rings. The number of thiophene rings is 1. The van der Waals surface area contributed by atoms with Crippen molar-refractivity contribution in [3.63, 3.8) is 0 Å². The molecule has 280 valence electrons. The van der Waals surface area contributed by atoms with Gasteiger partial charge < -0.3 is 4.57 Å². The molecular weight excluding hydrogens is 749 g/mol. The highest BCUT2D eigenvalue weighted by atomic mass is 32.1. The van der Waals surface area contributed by atoms with Crippen molar-refractivity contribution in [1.82, 2.24) is 19.5 Å². The first-order chi connectivity index (χ1) is 29.7. The number of nitrogens with zero attached hydrogens (tertiary/aromatic N) is 4. The summed E-state index contributed by atoms with van der Waals surface area (Å²) >= 11 is 1.81. The van der Waals surface area contributed by atoms with Gasteiger partial charge in [0, 0.05) is 65.1 Å². The Morgan fingerprint density at radius 3 is 1.67 bits per heavy atom. The first-order valence-electron chi connectivity index (χ1n) is 20.2. The largest absolute Gasteiger partial charge is 0.309 e. The maximum atomic E-state index is 5.56. The topological polar surface area (TPSA) is 43.6 Å². The molecule has 0 saturated heterocycles. The molecule has 0 aliphatic heterocycles. The van der Waals surface area contributed by atoms with Gasteiger partial charge in [0.1, 0.15) is 0 Å². The lowest BCUT2D eigenvalue weighted by atomic mass is 9.97. The molecule has 4 aromatic heterocycles. The Bertz CT molecular complexity index is 3550. The Balaban J connectivity index is 1.05. The minimum Gasteiger partial charge on any atom is -0.309 e. The highest BCUT2D eigenvalue weighted by Crippen LogP contribution is 2.45. The second-order valence-electron chi connectivity index (χ2n) is 15.2. The molecule has 0 radical (unpaired) electrons. The van der Waals surface area contributed by atoms with Gasteiger partial charge in [-0.25, -0.2) is 15.0 Å². The monoisotopic (exact) mass is 782 g/mol. The summed E-state index contributed by atoms with van der Waals surface area (Å²) in [5, 5.41) is 6.14. The van der Waals surface area contributed by atoms with E-state index in [1.165, 1.54) is 47.4 Å². The zero-order chi connectivity index (χ0) is 39.6. The SMILES string of the molecule is c1ccc(-c2nc(-c3cccc(-c4nc5c(-c6ccccc6)cccc5c5c4sc4ccccc45)c3)cc(-c3cccc(-n4c5ccccc5c5ccccc54)c3)n2)cc1. The Hall–Kier alpha value is -7.73. The van der Waals surface area contributed by atoms with E-state index in [2.05, 4.69) is 193 Å². The third-order valence-electron chi connectivity index (χ3n) is 11.6. The molecule has 0 atom stereocenters. The lowest BCUT2D eigenvalue weighted by molar-refractivity contribution is 1.16. The van der Waals surface area contributed by atoms with Crippen LogP contribution in [0.25, 0.3) is 115 Å². The van der Waals surface area contributed by atoms with Crippen LogP contribution in [0.2, 0.25) is 0 Å². The number of hydrogen-bond donors (Lipinski definition) is 0. The van der Waals surface area contributed by atoms with Crippen LogP contribution in [0.1, 0.15) is 0 Å². The molecule has 0 amide bonds. The Kier molecular flexibility index (Phi) is 8.00. The Morgan fingerprint density at radius 2 is 0.933 bits per heavy atom. The number of para-hydroxylation sites is 3. The summed E-state index contributed by atoms with van der Waals surface area (Å²) in [6, 6.07) is 73.0. The predicted octanol–water partition coefficient (Wildman–Crippen LogP) is 14.8. The number of rotatable bonds is 6. The van der Waals surface area contributed by atoms with Gasteiger partial charge in [-0.2, -0.15) is 0 Å². The average Bonchev–Trinajstić information content (AvgIpc) is 3.88. The summed E-state index contributed by atoms with van der Waals surface area (Å²) in [5.74, 6) is 0.680. The van der Waals surface area contributed by atoms with Crippen molar-refractivity contribution in [2.24, 2.45) is 0 Å². The van der Waals surface area contributed by atoms with Crippen LogP contribution in [0.3, 0.4) is 0 Å². The summed E-state index contributed by atoms with van der Waals surface area (Å²) < 4.78 is 4.79. The highest BCUT2D eigenvalue weighted by Gasteiger charge is 2.20. The van der Waals surface area contributed by atoms with Gasteiger partial charge >= 0.3 is 0 Å². The molecular formula is C55H34N4S. The third-order valence-corrected chi connectivity index (χ3v) is 12.8. The van der Waals surface area contributed by atoms with E-state index < -0.39 is 0 Å². The number of benzene rings is 8. The van der Waals surface area contributed by atoms with E-state index in [0.29, 0.717) is 5.82 Å². The lowest BCUT2D eigenvalue weighted by Gasteiger charge is -2.13. The fourth-order valence-electron chi connectivity index (χ4n) is 8.84. The van der Waals surface area contributed by atoms with E-state index >= 15 is 0 Å². The first-order valence-corrected chi connectivity index (χ1v) is 21.0. The fraction of sp³-hybridized carbons (Fsp3) is 0. The van der Waals surface area contributed by atoms with Crippen LogP contribution in [0.5, 0.6) is 0 Å². The second-order valence-corrected chi connectivity index (χ2v) is 16.2. The maximum Gasteiger partial charge on any atom is 0.160 e. The van der Waals surface area contributed by atoms with Gasteiger partial charge in [-0.05, 0) is 48.0 Å². The van der Waals surface area contributed by atoms with Gasteiger partial charge in [0.25, 0.3) is 0 Å². The van der Waals surface area contributed by atoms with Crippen LogP contribution in [0, 0.1) is 0 Å². The van der Waals surface area contributed by atoms with Crippen molar-refractivity contribution in [1.29, 1.82) is 0 Å². The number of aromatic nitrogens is 4.